The molecule has 3 aromatic carbocycles. The van der Waals surface area contributed by atoms with Gasteiger partial charge in [-0.05, 0) is 85.6 Å². The molecule has 0 aromatic heterocycles. The molecule has 174 valence electrons. The molecule has 3 rings (SSSR count). The van der Waals surface area contributed by atoms with Crippen LogP contribution in [0.5, 0.6) is 11.5 Å². The van der Waals surface area contributed by atoms with E-state index in [1.807, 2.05) is 32.0 Å². The van der Waals surface area contributed by atoms with Gasteiger partial charge in [-0.2, -0.15) is 0 Å². The first-order valence-electron chi connectivity index (χ1n) is 10.4. The van der Waals surface area contributed by atoms with Crippen LogP contribution in [0.2, 0.25) is 0 Å². The number of amides is 1. The lowest BCUT2D eigenvalue weighted by Crippen LogP contribution is -2.28. The van der Waals surface area contributed by atoms with Crippen LogP contribution in [0.25, 0.3) is 0 Å². The number of benzene rings is 3. The normalized spacial score (nSPS) is 11.0. The fraction of sp³-hybridized carbons (Fsp3) is 0.240. The van der Waals surface area contributed by atoms with Crippen molar-refractivity contribution in [1.29, 1.82) is 0 Å². The number of nitrogens with zero attached hydrogens (tertiary/aromatic N) is 1. The summed E-state index contributed by atoms with van der Waals surface area (Å²) in [4.78, 5) is 12.6. The maximum atomic E-state index is 12.9. The summed E-state index contributed by atoms with van der Waals surface area (Å²) >= 11 is 0. The minimum absolute atomic E-state index is 0.149. The van der Waals surface area contributed by atoms with E-state index >= 15 is 0 Å². The Labute approximate surface area is 195 Å². The Bertz CT molecular complexity index is 1210. The first kappa shape index (κ1) is 24.1. The van der Waals surface area contributed by atoms with E-state index in [2.05, 4.69) is 5.32 Å². The van der Waals surface area contributed by atoms with Crippen molar-refractivity contribution in [2.75, 3.05) is 31.6 Å². The molecule has 0 bridgehead atoms. The minimum atomic E-state index is -3.74. The lowest BCUT2D eigenvalue weighted by Gasteiger charge is -2.20. The van der Waals surface area contributed by atoms with E-state index in [0.29, 0.717) is 30.2 Å². The number of ether oxygens (including phenoxy) is 2. The fourth-order valence-corrected chi connectivity index (χ4v) is 4.30. The summed E-state index contributed by atoms with van der Waals surface area (Å²) in [5.74, 6) is 1.08. The third-order valence-electron chi connectivity index (χ3n) is 5.35. The summed E-state index contributed by atoms with van der Waals surface area (Å²) in [5, 5.41) is 2.80. The molecular formula is C25H28N2O5S. The van der Waals surface area contributed by atoms with Gasteiger partial charge in [0, 0.05) is 12.6 Å². The lowest BCUT2D eigenvalue weighted by molar-refractivity contribution is 0.0947. The predicted molar refractivity (Wildman–Crippen MR) is 129 cm³/mol. The van der Waals surface area contributed by atoms with Crippen molar-refractivity contribution < 1.29 is 22.7 Å². The van der Waals surface area contributed by atoms with Crippen molar-refractivity contribution >= 4 is 21.6 Å². The third kappa shape index (κ3) is 5.84. The number of sulfonamides is 1. The quantitative estimate of drug-likeness (QED) is 0.481. The Hall–Kier alpha value is -3.52. The highest BCUT2D eigenvalue weighted by Crippen LogP contribution is 2.24. The van der Waals surface area contributed by atoms with Crippen molar-refractivity contribution in [3.63, 3.8) is 0 Å². The maximum absolute atomic E-state index is 12.9. The second kappa shape index (κ2) is 10.4. The van der Waals surface area contributed by atoms with Crippen LogP contribution in [0, 0.1) is 13.8 Å². The van der Waals surface area contributed by atoms with Crippen LogP contribution in [0.15, 0.2) is 71.6 Å². The zero-order valence-electron chi connectivity index (χ0n) is 19.2. The topological polar surface area (TPSA) is 84.9 Å². The smallest absolute Gasteiger partial charge is 0.264 e. The molecule has 33 heavy (non-hydrogen) atoms. The van der Waals surface area contributed by atoms with Crippen molar-refractivity contribution in [2.45, 2.75) is 18.7 Å². The van der Waals surface area contributed by atoms with Gasteiger partial charge in [0.15, 0.2) is 0 Å². The van der Waals surface area contributed by atoms with Gasteiger partial charge in [0.1, 0.15) is 18.1 Å². The van der Waals surface area contributed by atoms with E-state index in [4.69, 9.17) is 9.47 Å². The monoisotopic (exact) mass is 468 g/mol. The van der Waals surface area contributed by atoms with E-state index in [-0.39, 0.29) is 10.8 Å². The van der Waals surface area contributed by atoms with Crippen LogP contribution in [-0.4, -0.2) is 41.6 Å². The van der Waals surface area contributed by atoms with Crippen LogP contribution in [0.4, 0.5) is 5.69 Å². The first-order valence-corrected chi connectivity index (χ1v) is 11.9. The number of methoxy groups -OCH3 is 1. The lowest BCUT2D eigenvalue weighted by atomic mass is 10.1. The molecule has 7 nitrogen and oxygen atoms in total. The number of hydrogen-bond donors (Lipinski definition) is 1. The van der Waals surface area contributed by atoms with Crippen LogP contribution in [0.1, 0.15) is 21.5 Å². The molecule has 0 radical (unpaired) electrons. The molecule has 0 fully saturated rings. The fourth-order valence-electron chi connectivity index (χ4n) is 3.11. The van der Waals surface area contributed by atoms with Crippen molar-refractivity contribution in [2.24, 2.45) is 0 Å². The highest BCUT2D eigenvalue weighted by molar-refractivity contribution is 7.92. The van der Waals surface area contributed by atoms with Crippen LogP contribution < -0.4 is 19.1 Å². The summed E-state index contributed by atoms with van der Waals surface area (Å²) in [6.07, 6.45) is 0. The number of rotatable bonds is 9. The Kier molecular flexibility index (Phi) is 7.60. The summed E-state index contributed by atoms with van der Waals surface area (Å²) in [6, 6.07) is 18.4. The second-order valence-corrected chi connectivity index (χ2v) is 9.51. The van der Waals surface area contributed by atoms with E-state index in [1.54, 1.807) is 36.4 Å². The number of carbonyl (C=O) groups is 1. The Morgan fingerprint density at radius 3 is 2.15 bits per heavy atom. The van der Waals surface area contributed by atoms with E-state index in [1.165, 1.54) is 36.2 Å². The molecule has 0 aliphatic heterocycles. The molecular weight excluding hydrogens is 440 g/mol. The van der Waals surface area contributed by atoms with Gasteiger partial charge in [0.25, 0.3) is 15.9 Å². The average Bonchev–Trinajstić information content (AvgIpc) is 2.83. The second-order valence-electron chi connectivity index (χ2n) is 7.55. The molecule has 0 saturated heterocycles. The molecule has 0 spiro atoms. The van der Waals surface area contributed by atoms with Crippen molar-refractivity contribution in [1.82, 2.24) is 5.32 Å². The SMILES string of the molecule is COc1ccc(S(=O)(=O)N(C)c2ccc(C(=O)NCCOc3ccc(C)c(C)c3)cc2)cc1. The summed E-state index contributed by atoms with van der Waals surface area (Å²) in [5.41, 5.74) is 3.22. The molecule has 0 unspecified atom stereocenters. The molecule has 1 amide bonds. The molecule has 3 aromatic rings. The van der Waals surface area contributed by atoms with Gasteiger partial charge in [-0.1, -0.05) is 6.07 Å². The van der Waals surface area contributed by atoms with Gasteiger partial charge in [-0.15, -0.1) is 0 Å². The molecule has 8 heteroatoms. The van der Waals surface area contributed by atoms with Crippen LogP contribution >= 0.6 is 0 Å². The largest absolute Gasteiger partial charge is 0.497 e. The number of carbonyl (C=O) groups excluding carboxylic acids is 1. The van der Waals surface area contributed by atoms with Gasteiger partial charge >= 0.3 is 0 Å². The third-order valence-corrected chi connectivity index (χ3v) is 7.15. The predicted octanol–water partition coefficient (Wildman–Crippen LogP) is 3.95. The Morgan fingerprint density at radius 2 is 1.55 bits per heavy atom. The Balaban J connectivity index is 1.56. The molecule has 0 aliphatic rings. The number of anilines is 1. The Morgan fingerprint density at radius 1 is 0.909 bits per heavy atom. The van der Waals surface area contributed by atoms with Gasteiger partial charge < -0.3 is 14.8 Å². The number of aryl methyl sites for hydroxylation is 2. The van der Waals surface area contributed by atoms with Gasteiger partial charge in [0.2, 0.25) is 0 Å². The maximum Gasteiger partial charge on any atom is 0.264 e. The van der Waals surface area contributed by atoms with E-state index in [9.17, 15) is 13.2 Å². The van der Waals surface area contributed by atoms with Gasteiger partial charge in [0.05, 0.1) is 24.2 Å². The van der Waals surface area contributed by atoms with Crippen LogP contribution in [-0.2, 0) is 10.0 Å². The summed E-state index contributed by atoms with van der Waals surface area (Å²) < 4.78 is 37.7. The number of nitrogens with one attached hydrogen (secondary N) is 1. The van der Waals surface area contributed by atoms with E-state index < -0.39 is 10.0 Å². The minimum Gasteiger partial charge on any atom is -0.497 e. The molecule has 0 atom stereocenters. The molecule has 1 N–H and O–H groups in total. The average molecular weight is 469 g/mol. The standard InChI is InChI=1S/C25H28N2O5S/c1-18-5-10-23(17-19(18)2)32-16-15-26-25(28)20-6-8-21(9-7-20)27(3)33(29,30)24-13-11-22(31-4)12-14-24/h5-14,17H,15-16H2,1-4H3,(H,26,28). The molecule has 0 saturated carbocycles. The van der Waals surface area contributed by atoms with Gasteiger partial charge in [-0.3, -0.25) is 9.10 Å². The molecule has 0 aliphatic carbocycles. The molecule has 0 heterocycles. The van der Waals surface area contributed by atoms with Crippen LogP contribution in [0.3, 0.4) is 0 Å². The van der Waals surface area contributed by atoms with E-state index in [0.717, 1.165) is 11.3 Å². The zero-order chi connectivity index (χ0) is 24.0. The highest BCUT2D eigenvalue weighted by Gasteiger charge is 2.21. The first-order chi connectivity index (χ1) is 15.7. The summed E-state index contributed by atoms with van der Waals surface area (Å²) in [6.45, 7) is 4.75. The zero-order valence-corrected chi connectivity index (χ0v) is 20.0. The summed E-state index contributed by atoms with van der Waals surface area (Å²) in [7, 11) is -0.749. The highest BCUT2D eigenvalue weighted by atomic mass is 32.2. The van der Waals surface area contributed by atoms with Crippen molar-refractivity contribution in [3.8, 4) is 11.5 Å². The number of hydrogen-bond acceptors (Lipinski definition) is 5. The van der Waals surface area contributed by atoms with Crippen molar-refractivity contribution in [3.05, 3.63) is 83.4 Å². The van der Waals surface area contributed by atoms with Gasteiger partial charge in [-0.25, -0.2) is 8.42 Å².